The van der Waals surface area contributed by atoms with E-state index in [0.29, 0.717) is 16.1 Å². The monoisotopic (exact) mass is 372 g/mol. The number of morpholine rings is 1. The van der Waals surface area contributed by atoms with Crippen LogP contribution in [0, 0.1) is 0 Å². The Kier molecular flexibility index (Phi) is 4.96. The molecule has 2 aromatic carbocycles. The molecular weight excluding hydrogens is 352 g/mol. The van der Waals surface area contributed by atoms with Crippen molar-refractivity contribution in [2.75, 3.05) is 26.3 Å². The molecule has 2 aliphatic heterocycles. The van der Waals surface area contributed by atoms with Gasteiger partial charge in [-0.25, -0.2) is 0 Å². The summed E-state index contributed by atoms with van der Waals surface area (Å²) in [4.78, 5) is 16.5. The van der Waals surface area contributed by atoms with Crippen LogP contribution in [-0.4, -0.2) is 47.1 Å². The Labute approximate surface area is 157 Å². The fourth-order valence-electron chi connectivity index (χ4n) is 3.61. The summed E-state index contributed by atoms with van der Waals surface area (Å²) in [6, 6.07) is 13.0. The van der Waals surface area contributed by atoms with Crippen LogP contribution in [0.15, 0.2) is 42.5 Å². The molecule has 1 fully saturated rings. The summed E-state index contributed by atoms with van der Waals surface area (Å²) in [5, 5.41) is 11.2. The zero-order valence-corrected chi connectivity index (χ0v) is 15.2. The first-order chi connectivity index (χ1) is 12.6. The maximum absolute atomic E-state index is 12.7. The molecule has 5 nitrogen and oxygen atoms in total. The van der Waals surface area contributed by atoms with Gasteiger partial charge in [0.25, 0.3) is 5.91 Å². The van der Waals surface area contributed by atoms with E-state index in [9.17, 15) is 9.90 Å². The zero-order chi connectivity index (χ0) is 18.1. The first-order valence-electron chi connectivity index (χ1n) is 8.79. The zero-order valence-electron chi connectivity index (χ0n) is 14.4. The van der Waals surface area contributed by atoms with E-state index in [-0.39, 0.29) is 12.5 Å². The minimum atomic E-state index is -0.939. The van der Waals surface area contributed by atoms with Gasteiger partial charge in [0.05, 0.1) is 19.8 Å². The van der Waals surface area contributed by atoms with E-state index in [1.54, 1.807) is 12.1 Å². The molecule has 1 saturated heterocycles. The summed E-state index contributed by atoms with van der Waals surface area (Å²) < 4.78 is 5.41. The molecule has 1 amide bonds. The van der Waals surface area contributed by atoms with E-state index in [1.807, 2.05) is 30.3 Å². The maximum atomic E-state index is 12.7. The van der Waals surface area contributed by atoms with Crippen LogP contribution in [0.1, 0.15) is 33.3 Å². The van der Waals surface area contributed by atoms with Gasteiger partial charge in [-0.3, -0.25) is 9.69 Å². The minimum absolute atomic E-state index is 0.162. The standard InChI is InChI=1S/C20H21ClN2O3/c21-18-7-3-4-14(12-22-8-10-26-11-9-22)17(18)13-23-19(24)15-5-1-2-6-16(15)20(23)25/h1-7,19,24H,8-13H2. The lowest BCUT2D eigenvalue weighted by Gasteiger charge is -2.29. The maximum Gasteiger partial charge on any atom is 0.256 e. The molecule has 4 rings (SSSR count). The molecule has 0 aliphatic carbocycles. The molecule has 0 saturated carbocycles. The molecule has 2 aliphatic rings. The van der Waals surface area contributed by atoms with Gasteiger partial charge in [-0.05, 0) is 23.3 Å². The highest BCUT2D eigenvalue weighted by Gasteiger charge is 2.35. The molecule has 136 valence electrons. The molecule has 2 aromatic rings. The molecule has 6 heteroatoms. The van der Waals surface area contributed by atoms with Crippen molar-refractivity contribution in [2.24, 2.45) is 0 Å². The van der Waals surface area contributed by atoms with Gasteiger partial charge in [-0.2, -0.15) is 0 Å². The molecule has 1 N–H and O–H groups in total. The van der Waals surface area contributed by atoms with Crippen LogP contribution < -0.4 is 0 Å². The second-order valence-corrected chi connectivity index (χ2v) is 7.07. The quantitative estimate of drug-likeness (QED) is 0.896. The minimum Gasteiger partial charge on any atom is -0.379 e. The lowest BCUT2D eigenvalue weighted by atomic mass is 10.1. The van der Waals surface area contributed by atoms with E-state index >= 15 is 0 Å². The molecule has 0 aromatic heterocycles. The molecule has 0 spiro atoms. The number of hydrogen-bond donors (Lipinski definition) is 1. The third kappa shape index (κ3) is 3.23. The Morgan fingerprint density at radius 3 is 2.62 bits per heavy atom. The van der Waals surface area contributed by atoms with Gasteiger partial charge in [-0.15, -0.1) is 0 Å². The van der Waals surface area contributed by atoms with Gasteiger partial charge in [0.2, 0.25) is 0 Å². The van der Waals surface area contributed by atoms with Crippen LogP contribution in [0.2, 0.25) is 5.02 Å². The summed E-state index contributed by atoms with van der Waals surface area (Å²) in [5.41, 5.74) is 3.18. The van der Waals surface area contributed by atoms with Gasteiger partial charge in [0, 0.05) is 35.8 Å². The first kappa shape index (κ1) is 17.5. The first-order valence-corrected chi connectivity index (χ1v) is 9.17. The van der Waals surface area contributed by atoms with Crippen molar-refractivity contribution >= 4 is 17.5 Å². The van der Waals surface area contributed by atoms with Crippen molar-refractivity contribution in [3.05, 3.63) is 69.7 Å². The van der Waals surface area contributed by atoms with Crippen LogP contribution in [0.5, 0.6) is 0 Å². The van der Waals surface area contributed by atoms with Gasteiger partial charge in [0.1, 0.15) is 0 Å². The van der Waals surface area contributed by atoms with Crippen LogP contribution in [-0.2, 0) is 17.8 Å². The van der Waals surface area contributed by atoms with Crippen LogP contribution in [0.25, 0.3) is 0 Å². The van der Waals surface area contributed by atoms with Crippen molar-refractivity contribution < 1.29 is 14.6 Å². The van der Waals surface area contributed by atoms with E-state index in [1.165, 1.54) is 4.90 Å². The summed E-state index contributed by atoms with van der Waals surface area (Å²) in [6.45, 7) is 4.26. The lowest BCUT2D eigenvalue weighted by Crippen LogP contribution is -2.36. The number of fused-ring (bicyclic) bond motifs is 1. The molecule has 26 heavy (non-hydrogen) atoms. The van der Waals surface area contributed by atoms with Crippen molar-refractivity contribution in [3.8, 4) is 0 Å². The molecule has 0 bridgehead atoms. The second-order valence-electron chi connectivity index (χ2n) is 6.66. The number of carbonyl (C=O) groups excluding carboxylic acids is 1. The number of amides is 1. The molecule has 0 radical (unpaired) electrons. The SMILES string of the molecule is O=C1c2ccccc2C(O)N1Cc1c(Cl)cccc1CN1CCOCC1. The predicted molar refractivity (Wildman–Crippen MR) is 98.8 cm³/mol. The number of nitrogens with zero attached hydrogens (tertiary/aromatic N) is 2. The van der Waals surface area contributed by atoms with E-state index < -0.39 is 6.23 Å². The Morgan fingerprint density at radius 2 is 1.85 bits per heavy atom. The number of aliphatic hydroxyl groups excluding tert-OH is 1. The Morgan fingerprint density at radius 1 is 1.08 bits per heavy atom. The summed E-state index contributed by atoms with van der Waals surface area (Å²) in [5.74, 6) is -0.162. The number of rotatable bonds is 4. The predicted octanol–water partition coefficient (Wildman–Crippen LogP) is 2.82. The van der Waals surface area contributed by atoms with Gasteiger partial charge >= 0.3 is 0 Å². The van der Waals surface area contributed by atoms with Crippen molar-refractivity contribution in [2.45, 2.75) is 19.3 Å². The van der Waals surface area contributed by atoms with Crippen molar-refractivity contribution in [1.82, 2.24) is 9.80 Å². The highest BCUT2D eigenvalue weighted by molar-refractivity contribution is 6.31. The van der Waals surface area contributed by atoms with Gasteiger partial charge in [-0.1, -0.05) is 41.9 Å². The Balaban J connectivity index is 1.59. The largest absolute Gasteiger partial charge is 0.379 e. The summed E-state index contributed by atoms with van der Waals surface area (Å²) in [6.07, 6.45) is -0.939. The topological polar surface area (TPSA) is 53.0 Å². The molecular formula is C20H21ClN2O3. The number of ether oxygens (including phenoxy) is 1. The fraction of sp³-hybridized carbons (Fsp3) is 0.350. The average molecular weight is 373 g/mol. The van der Waals surface area contributed by atoms with Crippen LogP contribution >= 0.6 is 11.6 Å². The summed E-state index contributed by atoms with van der Waals surface area (Å²) >= 11 is 6.47. The van der Waals surface area contributed by atoms with E-state index in [4.69, 9.17) is 16.3 Å². The fourth-order valence-corrected chi connectivity index (χ4v) is 3.86. The number of aliphatic hydroxyl groups is 1. The normalized spacial score (nSPS) is 20.5. The Bertz CT molecular complexity index is 820. The van der Waals surface area contributed by atoms with E-state index in [0.717, 1.165) is 44.0 Å². The number of carbonyl (C=O) groups is 1. The summed E-state index contributed by atoms with van der Waals surface area (Å²) in [7, 11) is 0. The highest BCUT2D eigenvalue weighted by atomic mass is 35.5. The lowest BCUT2D eigenvalue weighted by molar-refractivity contribution is 0.0133. The molecule has 1 unspecified atom stereocenters. The van der Waals surface area contributed by atoms with Gasteiger partial charge < -0.3 is 14.7 Å². The van der Waals surface area contributed by atoms with Gasteiger partial charge in [0.15, 0.2) is 6.23 Å². The second kappa shape index (κ2) is 7.37. The van der Waals surface area contributed by atoms with E-state index in [2.05, 4.69) is 4.90 Å². The smallest absolute Gasteiger partial charge is 0.256 e. The van der Waals surface area contributed by atoms with Crippen molar-refractivity contribution in [1.29, 1.82) is 0 Å². The molecule has 1 atom stereocenters. The highest BCUT2D eigenvalue weighted by Crippen LogP contribution is 2.34. The number of halogens is 1. The Hall–Kier alpha value is -1.92. The average Bonchev–Trinajstić information content (AvgIpc) is 2.90. The number of hydrogen-bond acceptors (Lipinski definition) is 4. The third-order valence-electron chi connectivity index (χ3n) is 5.07. The van der Waals surface area contributed by atoms with Crippen LogP contribution in [0.4, 0.5) is 0 Å². The number of benzene rings is 2. The van der Waals surface area contributed by atoms with Crippen LogP contribution in [0.3, 0.4) is 0 Å². The van der Waals surface area contributed by atoms with Crippen molar-refractivity contribution in [3.63, 3.8) is 0 Å². The third-order valence-corrected chi connectivity index (χ3v) is 5.42. The molecule has 2 heterocycles.